The summed E-state index contributed by atoms with van der Waals surface area (Å²) in [5.74, 6) is -0.492. The van der Waals surface area contributed by atoms with Crippen molar-refractivity contribution in [3.05, 3.63) is 47.5 Å². The highest BCUT2D eigenvalue weighted by atomic mass is 35.5. The zero-order valence-electron chi connectivity index (χ0n) is 20.1. The van der Waals surface area contributed by atoms with E-state index in [0.29, 0.717) is 28.2 Å². The highest BCUT2D eigenvalue weighted by Crippen LogP contribution is 2.34. The maximum Gasteiger partial charge on any atom is 0.269 e. The lowest BCUT2D eigenvalue weighted by Gasteiger charge is -2.29. The monoisotopic (exact) mass is 551 g/mol. The molecule has 1 aliphatic heterocycles. The third-order valence-corrected chi connectivity index (χ3v) is 7.61. The molecule has 1 atom stereocenters. The van der Waals surface area contributed by atoms with Crippen molar-refractivity contribution in [3.8, 4) is 5.75 Å². The molecule has 4 rings (SSSR count). The molecule has 3 aromatic rings. The van der Waals surface area contributed by atoms with Crippen molar-refractivity contribution < 1.29 is 26.9 Å². The van der Waals surface area contributed by atoms with Gasteiger partial charge < -0.3 is 20.3 Å². The van der Waals surface area contributed by atoms with Crippen molar-refractivity contribution in [2.75, 3.05) is 37.4 Å². The molecule has 1 fully saturated rings. The number of piperidine rings is 1. The Hall–Kier alpha value is -3.06. The number of fused-ring (bicyclic) bond motifs is 1. The lowest BCUT2D eigenvalue weighted by Crippen LogP contribution is -2.41. The molecule has 1 unspecified atom stereocenters. The Bertz CT molecular complexity index is 1400. The molecule has 1 aliphatic rings. The van der Waals surface area contributed by atoms with Gasteiger partial charge in [0.25, 0.3) is 10.1 Å². The fourth-order valence-corrected chi connectivity index (χ4v) is 5.20. The molecule has 13 heteroatoms. The van der Waals surface area contributed by atoms with Gasteiger partial charge in [-0.2, -0.15) is 8.42 Å². The van der Waals surface area contributed by atoms with Crippen LogP contribution in [0.25, 0.3) is 10.9 Å². The average Bonchev–Trinajstić information content (AvgIpc) is 2.86. The van der Waals surface area contributed by atoms with Crippen LogP contribution in [0.3, 0.4) is 0 Å². The van der Waals surface area contributed by atoms with Gasteiger partial charge in [0, 0.05) is 30.1 Å². The van der Waals surface area contributed by atoms with Gasteiger partial charge in [0.2, 0.25) is 5.91 Å². The molecule has 10 nitrogen and oxygen atoms in total. The van der Waals surface area contributed by atoms with Crippen LogP contribution in [0, 0.1) is 5.82 Å². The molecule has 0 saturated carbocycles. The molecule has 3 N–H and O–H groups in total. The quantitative estimate of drug-likeness (QED) is 0.334. The summed E-state index contributed by atoms with van der Waals surface area (Å²) < 4.78 is 52.8. The Balaban J connectivity index is 1.58. The first-order chi connectivity index (χ1) is 17.6. The fourth-order valence-electron chi connectivity index (χ4n) is 4.26. The smallest absolute Gasteiger partial charge is 0.269 e. The summed E-state index contributed by atoms with van der Waals surface area (Å²) in [7, 11) is -3.03. The zero-order valence-corrected chi connectivity index (χ0v) is 21.6. The Kier molecular flexibility index (Phi) is 8.42. The third-order valence-electron chi connectivity index (χ3n) is 6.16. The molecule has 0 spiro atoms. The van der Waals surface area contributed by atoms with Crippen molar-refractivity contribution in [1.29, 1.82) is 0 Å². The number of hydrogen-bond donors (Lipinski definition) is 3. The highest BCUT2D eigenvalue weighted by molar-refractivity contribution is 7.86. The summed E-state index contributed by atoms with van der Waals surface area (Å²) in [6.45, 7) is 1.52. The summed E-state index contributed by atoms with van der Waals surface area (Å²) in [5.41, 5.74) is 1.25. The number of anilines is 3. The van der Waals surface area contributed by atoms with Crippen molar-refractivity contribution in [2.24, 2.45) is 0 Å². The zero-order chi connectivity index (χ0) is 26.6. The SMILES string of the molecule is COc1cc2ncnc(Nc3ccc(F)c(Cl)c3)c2cc1NC(=O)CC(CN1CCCCC1)S(=O)(=O)O. The number of nitrogens with one attached hydrogen (secondary N) is 2. The standard InChI is InChI=1S/C24H27ClFN5O5S/c1-36-22-12-20-17(24(28-14-27-20)29-15-5-6-19(26)18(25)9-15)11-21(22)30-23(32)10-16(37(33,34)35)13-31-7-3-2-4-8-31/h5-6,9,11-12,14,16H,2-4,7-8,10,13H2,1H3,(H,30,32)(H,27,28,29)(H,33,34,35). The number of nitrogens with zero attached hydrogens (tertiary/aromatic N) is 3. The molecule has 1 amide bonds. The first-order valence-electron chi connectivity index (χ1n) is 11.7. The van der Waals surface area contributed by atoms with E-state index in [-0.39, 0.29) is 17.3 Å². The maximum atomic E-state index is 13.5. The van der Waals surface area contributed by atoms with Crippen LogP contribution in [0.15, 0.2) is 36.7 Å². The van der Waals surface area contributed by atoms with Gasteiger partial charge >= 0.3 is 0 Å². The van der Waals surface area contributed by atoms with Gasteiger partial charge in [-0.25, -0.2) is 14.4 Å². The van der Waals surface area contributed by atoms with Crippen LogP contribution in [-0.2, 0) is 14.9 Å². The van der Waals surface area contributed by atoms with Crippen molar-refractivity contribution in [2.45, 2.75) is 30.9 Å². The number of hydrogen-bond acceptors (Lipinski definition) is 8. The van der Waals surface area contributed by atoms with E-state index in [1.165, 1.54) is 31.6 Å². The lowest BCUT2D eigenvalue weighted by molar-refractivity contribution is -0.116. The molecule has 1 aromatic heterocycles. The van der Waals surface area contributed by atoms with Gasteiger partial charge in [0.1, 0.15) is 29.0 Å². The normalized spacial score (nSPS) is 15.4. The van der Waals surface area contributed by atoms with E-state index in [9.17, 15) is 22.2 Å². The van der Waals surface area contributed by atoms with Crippen molar-refractivity contribution in [1.82, 2.24) is 14.9 Å². The minimum absolute atomic E-state index is 0.0593. The Morgan fingerprint density at radius 3 is 2.65 bits per heavy atom. The van der Waals surface area contributed by atoms with Crippen LogP contribution in [-0.4, -0.2) is 65.7 Å². The summed E-state index contributed by atoms with van der Waals surface area (Å²) in [6, 6.07) is 7.32. The number of amides is 1. The fraction of sp³-hybridized carbons (Fsp3) is 0.375. The minimum atomic E-state index is -4.45. The van der Waals surface area contributed by atoms with Gasteiger partial charge in [-0.15, -0.1) is 0 Å². The van der Waals surface area contributed by atoms with E-state index in [1.807, 2.05) is 4.90 Å². The Morgan fingerprint density at radius 1 is 1.22 bits per heavy atom. The summed E-state index contributed by atoms with van der Waals surface area (Å²) in [4.78, 5) is 23.3. The van der Waals surface area contributed by atoms with Gasteiger partial charge in [-0.05, 0) is 50.2 Å². The maximum absolute atomic E-state index is 13.5. The summed E-state index contributed by atoms with van der Waals surface area (Å²) >= 11 is 5.88. The Morgan fingerprint density at radius 2 is 1.97 bits per heavy atom. The van der Waals surface area contributed by atoms with E-state index in [0.717, 1.165) is 32.4 Å². The van der Waals surface area contributed by atoms with Crippen LogP contribution in [0.2, 0.25) is 5.02 Å². The van der Waals surface area contributed by atoms with Gasteiger partial charge in [-0.3, -0.25) is 9.35 Å². The third kappa shape index (κ3) is 6.83. The number of likely N-dealkylation sites (tertiary alicyclic amines) is 1. The number of halogens is 2. The lowest BCUT2D eigenvalue weighted by atomic mass is 10.1. The molecule has 2 aromatic carbocycles. The molecule has 2 heterocycles. The van der Waals surface area contributed by atoms with E-state index >= 15 is 0 Å². The number of methoxy groups -OCH3 is 1. The molecular weight excluding hydrogens is 525 g/mol. The predicted molar refractivity (Wildman–Crippen MR) is 140 cm³/mol. The first-order valence-corrected chi connectivity index (χ1v) is 13.6. The first kappa shape index (κ1) is 27.0. The molecule has 0 aliphatic carbocycles. The van der Waals surface area contributed by atoms with Gasteiger partial charge in [0.05, 0.1) is 23.3 Å². The van der Waals surface area contributed by atoms with Crippen LogP contribution in [0.5, 0.6) is 5.75 Å². The van der Waals surface area contributed by atoms with E-state index in [4.69, 9.17) is 16.3 Å². The molecular formula is C24H27ClFN5O5S. The second-order valence-electron chi connectivity index (χ2n) is 8.80. The van der Waals surface area contributed by atoms with Crippen LogP contribution in [0.4, 0.5) is 21.6 Å². The number of carbonyl (C=O) groups excluding carboxylic acids is 1. The van der Waals surface area contributed by atoms with Crippen molar-refractivity contribution >= 4 is 55.7 Å². The average molecular weight is 552 g/mol. The number of carbonyl (C=O) groups is 1. The minimum Gasteiger partial charge on any atom is -0.494 e. The van der Waals surface area contributed by atoms with Crippen LogP contribution < -0.4 is 15.4 Å². The van der Waals surface area contributed by atoms with Crippen LogP contribution in [0.1, 0.15) is 25.7 Å². The number of ether oxygens (including phenoxy) is 1. The van der Waals surface area contributed by atoms with Crippen LogP contribution >= 0.6 is 11.6 Å². The molecule has 198 valence electrons. The van der Waals surface area contributed by atoms with E-state index in [1.54, 1.807) is 12.1 Å². The molecule has 1 saturated heterocycles. The molecule has 37 heavy (non-hydrogen) atoms. The number of benzene rings is 2. The van der Waals surface area contributed by atoms with Gasteiger partial charge in [0.15, 0.2) is 0 Å². The Labute approximate surface area is 218 Å². The van der Waals surface area contributed by atoms with Gasteiger partial charge in [-0.1, -0.05) is 18.0 Å². The largest absolute Gasteiger partial charge is 0.494 e. The summed E-state index contributed by atoms with van der Waals surface area (Å²) in [5, 5.41) is 4.94. The van der Waals surface area contributed by atoms with Crippen molar-refractivity contribution in [3.63, 3.8) is 0 Å². The second kappa shape index (κ2) is 11.5. The predicted octanol–water partition coefficient (Wildman–Crippen LogP) is 4.25. The van der Waals surface area contributed by atoms with E-state index < -0.39 is 33.5 Å². The topological polar surface area (TPSA) is 134 Å². The number of aromatic nitrogens is 2. The molecule has 0 radical (unpaired) electrons. The number of rotatable bonds is 9. The second-order valence-corrected chi connectivity index (χ2v) is 10.9. The van der Waals surface area contributed by atoms with E-state index in [2.05, 4.69) is 20.6 Å². The highest BCUT2D eigenvalue weighted by Gasteiger charge is 2.29. The summed E-state index contributed by atoms with van der Waals surface area (Å²) in [6.07, 6.45) is 3.87. The molecule has 0 bridgehead atoms.